The van der Waals surface area contributed by atoms with Crippen LogP contribution in [0.15, 0.2) is 41.4 Å². The first kappa shape index (κ1) is 31.1. The predicted octanol–water partition coefficient (Wildman–Crippen LogP) is 1.41. The maximum Gasteiger partial charge on any atom is 0.328 e. The number of β-amino-alcohol motifs (C(OH)–C–C–N with tert-alkyl or cyclic N) is 1. The Labute approximate surface area is 252 Å². The van der Waals surface area contributed by atoms with Crippen molar-refractivity contribution in [2.45, 2.75) is 31.5 Å². The number of aliphatic hydroxyl groups is 1. The average molecular weight is 620 g/mol. The molecular formula is C28H32Cl2N6O6. The lowest BCUT2D eigenvalue weighted by molar-refractivity contribution is -0.139. The van der Waals surface area contributed by atoms with E-state index in [1.165, 1.54) is 18.2 Å². The minimum atomic E-state index is -1.36. The van der Waals surface area contributed by atoms with Gasteiger partial charge in [-0.05, 0) is 42.2 Å². The van der Waals surface area contributed by atoms with Crippen molar-refractivity contribution in [2.75, 3.05) is 32.8 Å². The zero-order chi connectivity index (χ0) is 30.4. The second-order valence-corrected chi connectivity index (χ2v) is 10.7. The monoisotopic (exact) mass is 618 g/mol. The quantitative estimate of drug-likeness (QED) is 0.145. The van der Waals surface area contributed by atoms with Gasteiger partial charge in [-0.1, -0.05) is 41.4 Å². The Kier molecular flexibility index (Phi) is 10.3. The van der Waals surface area contributed by atoms with E-state index in [9.17, 15) is 29.7 Å². The topological polar surface area (TPSA) is 181 Å². The molecule has 224 valence electrons. The summed E-state index contributed by atoms with van der Waals surface area (Å²) in [6.45, 7) is 1.12. The lowest BCUT2D eigenvalue weighted by Gasteiger charge is -2.30. The molecule has 0 spiro atoms. The van der Waals surface area contributed by atoms with Gasteiger partial charge in [-0.25, -0.2) is 9.79 Å². The van der Waals surface area contributed by atoms with Crippen LogP contribution in [-0.2, 0) is 22.6 Å². The van der Waals surface area contributed by atoms with E-state index in [0.717, 1.165) is 0 Å². The van der Waals surface area contributed by atoms with E-state index in [-0.39, 0.29) is 47.0 Å². The number of carbonyl (C=O) groups excluding carboxylic acids is 2. The number of para-hydroxylation sites is 1. The average Bonchev–Trinajstić information content (AvgIpc) is 3.39. The Morgan fingerprint density at radius 2 is 1.95 bits per heavy atom. The van der Waals surface area contributed by atoms with Crippen molar-refractivity contribution >= 4 is 53.0 Å². The lowest BCUT2D eigenvalue weighted by atomic mass is 9.96. The molecule has 14 heteroatoms. The number of phenolic OH excluding ortho intramolecular Hbond substituents is 1. The molecule has 0 bridgehead atoms. The van der Waals surface area contributed by atoms with Crippen molar-refractivity contribution in [3.63, 3.8) is 0 Å². The number of fused-ring (bicyclic) bond motifs is 1. The molecule has 2 heterocycles. The van der Waals surface area contributed by atoms with E-state index in [0.29, 0.717) is 55.1 Å². The summed E-state index contributed by atoms with van der Waals surface area (Å²) in [5.74, 6) is -1.93. The van der Waals surface area contributed by atoms with E-state index in [2.05, 4.69) is 15.6 Å². The Hall–Kier alpha value is -3.84. The number of aromatic hydroxyl groups is 1. The van der Waals surface area contributed by atoms with Crippen molar-refractivity contribution in [3.05, 3.63) is 68.7 Å². The number of benzene rings is 2. The molecule has 1 saturated heterocycles. The number of likely N-dealkylation sites (tertiary alicyclic amines) is 1. The molecule has 2 atom stereocenters. The highest BCUT2D eigenvalue weighted by Gasteiger charge is 2.30. The number of amides is 2. The number of guanidine groups is 1. The largest absolute Gasteiger partial charge is 0.507 e. The Morgan fingerprint density at radius 3 is 2.62 bits per heavy atom. The SMILES string of the molecule is NC/N=C(/NC[C@H](NC(=O)c1c(Cl)cc2c(c1Cl)CCN(C(=O)/C=C/c1ccccc1O)C2)C(=O)O)N1CC[C@H](O)C1. The van der Waals surface area contributed by atoms with Crippen LogP contribution in [-0.4, -0.2) is 93.9 Å². The standard InChI is InChI=1S/C28H32Cl2N6O6/c29-20-11-17-13-35(23(39)6-5-16-3-1-2-4-22(16)38)10-8-19(17)25(30)24(20)26(40)34-21(27(41)42)12-32-28(33-15-31)36-9-7-18(37)14-36/h1-6,11,18,21,37-38H,7-10,12-15,31H2,(H,32,33)(H,34,40)(H,41,42)/b6-5+/t18-,21-/m0/s1. The van der Waals surface area contributed by atoms with Crippen LogP contribution >= 0.6 is 23.2 Å². The number of phenols is 1. The van der Waals surface area contributed by atoms with Crippen LogP contribution in [0, 0.1) is 0 Å². The predicted molar refractivity (Wildman–Crippen MR) is 158 cm³/mol. The van der Waals surface area contributed by atoms with Crippen LogP contribution in [0.3, 0.4) is 0 Å². The normalized spacial score (nSPS) is 17.7. The van der Waals surface area contributed by atoms with Gasteiger partial charge in [0.1, 0.15) is 11.8 Å². The summed E-state index contributed by atoms with van der Waals surface area (Å²) in [5, 5.41) is 35.0. The number of aliphatic carboxylic acids is 1. The van der Waals surface area contributed by atoms with Gasteiger partial charge in [0.2, 0.25) is 5.91 Å². The third-order valence-electron chi connectivity index (χ3n) is 7.06. The van der Waals surface area contributed by atoms with Crippen molar-refractivity contribution in [3.8, 4) is 5.75 Å². The minimum absolute atomic E-state index is 0.0174. The summed E-state index contributed by atoms with van der Waals surface area (Å²) in [7, 11) is 0. The molecule has 0 radical (unpaired) electrons. The summed E-state index contributed by atoms with van der Waals surface area (Å²) in [4.78, 5) is 45.5. The Bertz CT molecular complexity index is 1420. The second kappa shape index (κ2) is 13.9. The summed E-state index contributed by atoms with van der Waals surface area (Å²) >= 11 is 13.1. The molecule has 42 heavy (non-hydrogen) atoms. The summed E-state index contributed by atoms with van der Waals surface area (Å²) in [6, 6.07) is 6.85. The van der Waals surface area contributed by atoms with Gasteiger partial charge in [0.05, 0.1) is 28.4 Å². The first-order valence-corrected chi connectivity index (χ1v) is 14.0. The lowest BCUT2D eigenvalue weighted by Crippen LogP contribution is -2.51. The first-order chi connectivity index (χ1) is 20.1. The third-order valence-corrected chi connectivity index (χ3v) is 7.77. The van der Waals surface area contributed by atoms with Crippen LogP contribution in [0.5, 0.6) is 5.75 Å². The minimum Gasteiger partial charge on any atom is -0.507 e. The van der Waals surface area contributed by atoms with Crippen molar-refractivity contribution < 1.29 is 29.7 Å². The van der Waals surface area contributed by atoms with Gasteiger partial charge in [0.15, 0.2) is 5.96 Å². The summed E-state index contributed by atoms with van der Waals surface area (Å²) < 4.78 is 0. The highest BCUT2D eigenvalue weighted by Crippen LogP contribution is 2.35. The van der Waals surface area contributed by atoms with E-state index in [4.69, 9.17) is 28.9 Å². The van der Waals surface area contributed by atoms with Gasteiger partial charge in [0, 0.05) is 44.4 Å². The molecule has 0 aromatic heterocycles. The van der Waals surface area contributed by atoms with E-state index < -0.39 is 24.0 Å². The second-order valence-electron chi connectivity index (χ2n) is 9.88. The number of carboxylic acids is 1. The number of carbonyl (C=O) groups is 3. The van der Waals surface area contributed by atoms with E-state index >= 15 is 0 Å². The van der Waals surface area contributed by atoms with Crippen LogP contribution in [0.25, 0.3) is 6.08 Å². The number of halogens is 2. The third kappa shape index (κ3) is 7.32. The summed E-state index contributed by atoms with van der Waals surface area (Å²) in [5.41, 5.74) is 7.32. The smallest absolute Gasteiger partial charge is 0.328 e. The molecule has 7 N–H and O–H groups in total. The molecule has 0 unspecified atom stereocenters. The van der Waals surface area contributed by atoms with Gasteiger partial charge in [-0.2, -0.15) is 0 Å². The number of nitrogens with one attached hydrogen (secondary N) is 2. The first-order valence-electron chi connectivity index (χ1n) is 13.3. The fourth-order valence-corrected chi connectivity index (χ4v) is 5.62. The molecule has 0 aliphatic carbocycles. The van der Waals surface area contributed by atoms with Crippen LogP contribution < -0.4 is 16.4 Å². The molecule has 4 rings (SSSR count). The number of hydrogen-bond acceptors (Lipinski definition) is 7. The van der Waals surface area contributed by atoms with Crippen LogP contribution in [0.1, 0.15) is 33.5 Å². The number of nitrogens with zero attached hydrogens (tertiary/aromatic N) is 3. The van der Waals surface area contributed by atoms with Crippen molar-refractivity contribution in [1.82, 2.24) is 20.4 Å². The fraction of sp³-hybridized carbons (Fsp3) is 0.357. The molecular weight excluding hydrogens is 587 g/mol. The van der Waals surface area contributed by atoms with E-state index in [1.807, 2.05) is 0 Å². The van der Waals surface area contributed by atoms with Crippen molar-refractivity contribution in [2.24, 2.45) is 10.7 Å². The molecule has 2 aliphatic heterocycles. The van der Waals surface area contributed by atoms with Gasteiger partial charge in [-0.15, -0.1) is 0 Å². The van der Waals surface area contributed by atoms with Gasteiger partial charge in [-0.3, -0.25) is 9.59 Å². The Morgan fingerprint density at radius 1 is 1.19 bits per heavy atom. The number of rotatable bonds is 8. The molecule has 1 fully saturated rings. The molecule has 12 nitrogen and oxygen atoms in total. The Balaban J connectivity index is 1.44. The number of nitrogens with two attached hydrogens (primary N) is 1. The highest BCUT2D eigenvalue weighted by atomic mass is 35.5. The fourth-order valence-electron chi connectivity index (χ4n) is 4.86. The maximum atomic E-state index is 13.2. The maximum absolute atomic E-state index is 13.2. The van der Waals surface area contributed by atoms with Gasteiger partial charge < -0.3 is 41.5 Å². The molecule has 2 aromatic rings. The number of hydrogen-bond donors (Lipinski definition) is 6. The number of aliphatic hydroxyl groups excluding tert-OH is 1. The van der Waals surface area contributed by atoms with Gasteiger partial charge >= 0.3 is 5.97 Å². The number of aliphatic imine (C=N–C) groups is 1. The van der Waals surface area contributed by atoms with Crippen molar-refractivity contribution in [1.29, 1.82) is 0 Å². The van der Waals surface area contributed by atoms with Gasteiger partial charge in [0.25, 0.3) is 5.91 Å². The zero-order valence-electron chi connectivity index (χ0n) is 22.6. The summed E-state index contributed by atoms with van der Waals surface area (Å²) in [6.07, 6.45) is 3.28. The van der Waals surface area contributed by atoms with Crippen LogP contribution in [0.2, 0.25) is 10.0 Å². The highest BCUT2D eigenvalue weighted by molar-refractivity contribution is 6.40. The molecule has 2 amide bonds. The number of carboxylic acid groups (broad SMARTS) is 1. The zero-order valence-corrected chi connectivity index (χ0v) is 24.1. The molecule has 2 aromatic carbocycles. The van der Waals surface area contributed by atoms with Crippen LogP contribution in [0.4, 0.5) is 0 Å². The molecule has 2 aliphatic rings. The van der Waals surface area contributed by atoms with E-state index in [1.54, 1.807) is 34.1 Å². The molecule has 0 saturated carbocycles.